The normalized spacial score (nSPS) is 15.1. The molecule has 1 atom stereocenters. The molecule has 4 heteroatoms. The van der Waals surface area contributed by atoms with Crippen molar-refractivity contribution in [2.45, 2.75) is 58.0 Å². The van der Waals surface area contributed by atoms with Gasteiger partial charge in [-0.25, -0.2) is 4.98 Å². The van der Waals surface area contributed by atoms with Crippen LogP contribution in [-0.2, 0) is 19.4 Å². The summed E-state index contributed by atoms with van der Waals surface area (Å²) in [5.74, 6) is 1.15. The van der Waals surface area contributed by atoms with E-state index in [1.807, 2.05) is 18.2 Å². The van der Waals surface area contributed by atoms with Crippen LogP contribution < -0.4 is 5.32 Å². The van der Waals surface area contributed by atoms with Crippen molar-refractivity contribution in [3.63, 3.8) is 0 Å². The Hall–Kier alpha value is -2.62. The summed E-state index contributed by atoms with van der Waals surface area (Å²) < 4.78 is 2.33. The molecule has 0 aliphatic carbocycles. The molecule has 140 valence electrons. The maximum atomic E-state index is 12.7. The number of rotatable bonds is 5. The van der Waals surface area contributed by atoms with Crippen LogP contribution in [0.25, 0.3) is 11.0 Å². The number of aryl methyl sites for hydroxylation is 3. The SMILES string of the molecule is C[C@@H](CCc1ccccc1)NC(=O)c1ccc2c(c1)nc1n2CCCCC1. The van der Waals surface area contributed by atoms with Gasteiger partial charge in [-0.05, 0) is 56.4 Å². The number of hydrogen-bond donors (Lipinski definition) is 1. The van der Waals surface area contributed by atoms with Gasteiger partial charge in [-0.3, -0.25) is 4.79 Å². The molecule has 0 fully saturated rings. The third-order valence-electron chi connectivity index (χ3n) is 5.46. The van der Waals surface area contributed by atoms with Crippen molar-refractivity contribution in [3.8, 4) is 0 Å². The lowest BCUT2D eigenvalue weighted by Crippen LogP contribution is -2.32. The van der Waals surface area contributed by atoms with E-state index in [0.717, 1.165) is 42.7 Å². The van der Waals surface area contributed by atoms with E-state index < -0.39 is 0 Å². The van der Waals surface area contributed by atoms with Crippen LogP contribution in [-0.4, -0.2) is 21.5 Å². The molecular formula is C23H27N3O. The van der Waals surface area contributed by atoms with Gasteiger partial charge in [0.15, 0.2) is 0 Å². The maximum absolute atomic E-state index is 12.7. The molecule has 1 N–H and O–H groups in total. The van der Waals surface area contributed by atoms with E-state index in [0.29, 0.717) is 5.56 Å². The van der Waals surface area contributed by atoms with E-state index in [1.54, 1.807) is 0 Å². The maximum Gasteiger partial charge on any atom is 0.251 e. The summed E-state index contributed by atoms with van der Waals surface area (Å²) in [4.78, 5) is 17.5. The number of carbonyl (C=O) groups is 1. The van der Waals surface area contributed by atoms with Crippen LogP contribution in [0, 0.1) is 0 Å². The van der Waals surface area contributed by atoms with Gasteiger partial charge in [-0.1, -0.05) is 36.8 Å². The van der Waals surface area contributed by atoms with Gasteiger partial charge < -0.3 is 9.88 Å². The molecule has 2 heterocycles. The van der Waals surface area contributed by atoms with Crippen LogP contribution in [0.4, 0.5) is 0 Å². The van der Waals surface area contributed by atoms with Crippen molar-refractivity contribution in [1.82, 2.24) is 14.9 Å². The Labute approximate surface area is 160 Å². The van der Waals surface area contributed by atoms with Gasteiger partial charge in [0, 0.05) is 24.6 Å². The average molecular weight is 361 g/mol. The minimum Gasteiger partial charge on any atom is -0.350 e. The number of imidazole rings is 1. The fourth-order valence-electron chi connectivity index (χ4n) is 3.90. The third-order valence-corrected chi connectivity index (χ3v) is 5.46. The number of carbonyl (C=O) groups excluding carboxylic acids is 1. The minimum atomic E-state index is -0.0133. The number of amides is 1. The van der Waals surface area contributed by atoms with E-state index in [2.05, 4.69) is 47.1 Å². The molecular weight excluding hydrogens is 334 g/mol. The lowest BCUT2D eigenvalue weighted by atomic mass is 10.1. The molecule has 0 spiro atoms. The Morgan fingerprint density at radius 3 is 2.85 bits per heavy atom. The molecule has 0 radical (unpaired) electrons. The Morgan fingerprint density at radius 1 is 1.15 bits per heavy atom. The molecule has 3 aromatic rings. The largest absolute Gasteiger partial charge is 0.350 e. The van der Waals surface area contributed by atoms with E-state index in [9.17, 15) is 4.79 Å². The van der Waals surface area contributed by atoms with Gasteiger partial charge in [-0.2, -0.15) is 0 Å². The van der Waals surface area contributed by atoms with E-state index >= 15 is 0 Å². The molecule has 1 aliphatic rings. The van der Waals surface area contributed by atoms with Crippen molar-refractivity contribution in [3.05, 3.63) is 65.5 Å². The second-order valence-corrected chi connectivity index (χ2v) is 7.59. The van der Waals surface area contributed by atoms with Crippen molar-refractivity contribution >= 4 is 16.9 Å². The minimum absolute atomic E-state index is 0.0133. The van der Waals surface area contributed by atoms with Crippen molar-refractivity contribution in [1.29, 1.82) is 0 Å². The fraction of sp³-hybridized carbons (Fsp3) is 0.391. The first kappa shape index (κ1) is 17.8. The summed E-state index contributed by atoms with van der Waals surface area (Å²) in [6, 6.07) is 16.5. The molecule has 4 nitrogen and oxygen atoms in total. The highest BCUT2D eigenvalue weighted by atomic mass is 16.1. The average Bonchev–Trinajstić information content (AvgIpc) is 2.87. The zero-order valence-electron chi connectivity index (χ0n) is 15.9. The molecule has 0 saturated carbocycles. The molecule has 2 aromatic carbocycles. The van der Waals surface area contributed by atoms with Crippen LogP contribution in [0.5, 0.6) is 0 Å². The quantitative estimate of drug-likeness (QED) is 0.726. The molecule has 0 saturated heterocycles. The van der Waals surface area contributed by atoms with E-state index in [-0.39, 0.29) is 11.9 Å². The summed E-state index contributed by atoms with van der Waals surface area (Å²) in [5.41, 5.74) is 4.10. The fourth-order valence-corrected chi connectivity index (χ4v) is 3.90. The number of hydrogen-bond acceptors (Lipinski definition) is 2. The lowest BCUT2D eigenvalue weighted by Gasteiger charge is -2.14. The number of aromatic nitrogens is 2. The Kier molecular flexibility index (Phi) is 5.23. The molecule has 1 aromatic heterocycles. The Bertz CT molecular complexity index is 929. The van der Waals surface area contributed by atoms with Gasteiger partial charge in [0.25, 0.3) is 5.91 Å². The van der Waals surface area contributed by atoms with E-state index in [4.69, 9.17) is 4.98 Å². The van der Waals surface area contributed by atoms with Gasteiger partial charge >= 0.3 is 0 Å². The van der Waals surface area contributed by atoms with Gasteiger partial charge in [-0.15, -0.1) is 0 Å². The van der Waals surface area contributed by atoms with Crippen molar-refractivity contribution < 1.29 is 4.79 Å². The predicted octanol–water partition coefficient (Wildman–Crippen LogP) is 4.51. The smallest absolute Gasteiger partial charge is 0.251 e. The molecule has 0 bridgehead atoms. The van der Waals surface area contributed by atoms with Crippen LogP contribution in [0.3, 0.4) is 0 Å². The highest BCUT2D eigenvalue weighted by Gasteiger charge is 2.16. The van der Waals surface area contributed by atoms with Crippen molar-refractivity contribution in [2.75, 3.05) is 0 Å². The lowest BCUT2D eigenvalue weighted by molar-refractivity contribution is 0.0938. The topological polar surface area (TPSA) is 46.9 Å². The number of benzene rings is 2. The van der Waals surface area contributed by atoms with Gasteiger partial charge in [0.2, 0.25) is 0 Å². The first-order valence-corrected chi connectivity index (χ1v) is 10.0. The van der Waals surface area contributed by atoms with Crippen LogP contribution in [0.1, 0.15) is 54.4 Å². The van der Waals surface area contributed by atoms with Gasteiger partial charge in [0.05, 0.1) is 11.0 Å². The second kappa shape index (κ2) is 7.95. The Morgan fingerprint density at radius 2 is 2.00 bits per heavy atom. The molecule has 27 heavy (non-hydrogen) atoms. The van der Waals surface area contributed by atoms with Crippen molar-refractivity contribution in [2.24, 2.45) is 0 Å². The highest BCUT2D eigenvalue weighted by molar-refractivity contribution is 5.97. The van der Waals surface area contributed by atoms with E-state index in [1.165, 1.54) is 24.8 Å². The second-order valence-electron chi connectivity index (χ2n) is 7.59. The molecule has 0 unspecified atom stereocenters. The highest BCUT2D eigenvalue weighted by Crippen LogP contribution is 2.23. The number of nitrogens with one attached hydrogen (secondary N) is 1. The third kappa shape index (κ3) is 4.05. The first-order valence-electron chi connectivity index (χ1n) is 10.0. The monoisotopic (exact) mass is 361 g/mol. The summed E-state index contributed by atoms with van der Waals surface area (Å²) in [5, 5.41) is 3.13. The molecule has 1 aliphatic heterocycles. The number of nitrogens with zero attached hydrogens (tertiary/aromatic N) is 2. The molecule has 4 rings (SSSR count). The molecule has 1 amide bonds. The summed E-state index contributed by atoms with van der Waals surface area (Å²) in [7, 11) is 0. The predicted molar refractivity (Wildman–Crippen MR) is 109 cm³/mol. The van der Waals surface area contributed by atoms with Gasteiger partial charge in [0.1, 0.15) is 5.82 Å². The summed E-state index contributed by atoms with van der Waals surface area (Å²) in [6.45, 7) is 3.10. The summed E-state index contributed by atoms with van der Waals surface area (Å²) in [6.07, 6.45) is 6.61. The van der Waals surface area contributed by atoms with Crippen LogP contribution >= 0.6 is 0 Å². The summed E-state index contributed by atoms with van der Waals surface area (Å²) >= 11 is 0. The Balaban J connectivity index is 1.43. The zero-order chi connectivity index (χ0) is 18.6. The zero-order valence-corrected chi connectivity index (χ0v) is 15.9. The van der Waals surface area contributed by atoms with Crippen LogP contribution in [0.2, 0.25) is 0 Å². The standard InChI is InChI=1S/C23H27N3O/c1-17(11-12-18-8-4-2-5-9-18)24-23(27)19-13-14-21-20(16-19)25-22-10-6-3-7-15-26(21)22/h2,4-5,8-9,13-14,16-17H,3,6-7,10-12,15H2,1H3,(H,24,27)/t17-/m0/s1. The van der Waals surface area contributed by atoms with Crippen LogP contribution in [0.15, 0.2) is 48.5 Å². The number of fused-ring (bicyclic) bond motifs is 3. The first-order chi connectivity index (χ1) is 13.2.